The zero-order chi connectivity index (χ0) is 13.4. The van der Waals surface area contributed by atoms with Gasteiger partial charge in [-0.25, -0.2) is 4.98 Å². The number of benzene rings is 1. The molecule has 2 heterocycles. The summed E-state index contributed by atoms with van der Waals surface area (Å²) in [5.74, 6) is 1.08. The number of aliphatic hydroxyl groups is 1. The van der Waals surface area contributed by atoms with E-state index in [-0.39, 0.29) is 11.9 Å². The summed E-state index contributed by atoms with van der Waals surface area (Å²) < 4.78 is 5.74. The molecule has 3 N–H and O–H groups in total. The highest BCUT2D eigenvalue weighted by Gasteiger charge is 2.31. The maximum absolute atomic E-state index is 10.4. The number of nitrogens with zero attached hydrogens (tertiary/aromatic N) is 1. The van der Waals surface area contributed by atoms with E-state index < -0.39 is 6.10 Å². The van der Waals surface area contributed by atoms with E-state index in [4.69, 9.17) is 22.1 Å². The number of nitrogens with two attached hydrogens (primary N) is 1. The Morgan fingerprint density at radius 3 is 3.00 bits per heavy atom. The van der Waals surface area contributed by atoms with Gasteiger partial charge in [0, 0.05) is 18.2 Å². The molecule has 0 aliphatic carbocycles. The minimum absolute atomic E-state index is 0.274. The van der Waals surface area contributed by atoms with Crippen LogP contribution in [0, 0.1) is 0 Å². The van der Waals surface area contributed by atoms with E-state index in [1.165, 1.54) is 6.20 Å². The third-order valence-electron chi connectivity index (χ3n) is 3.26. The van der Waals surface area contributed by atoms with Crippen LogP contribution in [0.15, 0.2) is 36.5 Å². The molecule has 2 aromatic rings. The van der Waals surface area contributed by atoms with Crippen molar-refractivity contribution >= 4 is 17.4 Å². The molecule has 19 heavy (non-hydrogen) atoms. The average molecular weight is 277 g/mol. The summed E-state index contributed by atoms with van der Waals surface area (Å²) >= 11 is 5.89. The van der Waals surface area contributed by atoms with E-state index in [1.54, 1.807) is 6.07 Å². The SMILES string of the molecule is Nc1ncc(Cl)cc1C(O)C1Cc2ccccc2O1. The van der Waals surface area contributed by atoms with Crippen molar-refractivity contribution in [3.05, 3.63) is 52.7 Å². The maximum atomic E-state index is 10.4. The topological polar surface area (TPSA) is 68.4 Å². The number of anilines is 1. The zero-order valence-electron chi connectivity index (χ0n) is 10.1. The second kappa shape index (κ2) is 4.72. The molecule has 1 aromatic carbocycles. The monoisotopic (exact) mass is 276 g/mol. The molecular formula is C14H13ClN2O2. The van der Waals surface area contributed by atoms with Gasteiger partial charge in [0.15, 0.2) is 0 Å². The van der Waals surface area contributed by atoms with Crippen LogP contribution in [0.4, 0.5) is 5.82 Å². The lowest BCUT2D eigenvalue weighted by Crippen LogP contribution is -2.24. The lowest BCUT2D eigenvalue weighted by molar-refractivity contribution is 0.0495. The smallest absolute Gasteiger partial charge is 0.133 e. The van der Waals surface area contributed by atoms with Crippen LogP contribution in [0.2, 0.25) is 5.02 Å². The fraction of sp³-hybridized carbons (Fsp3) is 0.214. The van der Waals surface area contributed by atoms with Crippen molar-refractivity contribution in [3.63, 3.8) is 0 Å². The Hall–Kier alpha value is -1.78. The quantitative estimate of drug-likeness (QED) is 0.883. The number of hydrogen-bond acceptors (Lipinski definition) is 4. The highest BCUT2D eigenvalue weighted by Crippen LogP contribution is 2.35. The molecule has 1 aliphatic heterocycles. The number of para-hydroxylation sites is 1. The normalized spacial score (nSPS) is 18.7. The largest absolute Gasteiger partial charge is 0.487 e. The molecule has 2 unspecified atom stereocenters. The Labute approximate surface area is 115 Å². The first kappa shape index (κ1) is 12.3. The van der Waals surface area contributed by atoms with E-state index in [0.29, 0.717) is 17.0 Å². The van der Waals surface area contributed by atoms with Crippen LogP contribution in [-0.4, -0.2) is 16.2 Å². The van der Waals surface area contributed by atoms with E-state index >= 15 is 0 Å². The van der Waals surface area contributed by atoms with Crippen molar-refractivity contribution in [2.45, 2.75) is 18.6 Å². The number of halogens is 1. The molecule has 4 nitrogen and oxygen atoms in total. The van der Waals surface area contributed by atoms with Crippen LogP contribution in [0.3, 0.4) is 0 Å². The fourth-order valence-electron chi connectivity index (χ4n) is 2.29. The van der Waals surface area contributed by atoms with Gasteiger partial charge in [0.25, 0.3) is 0 Å². The lowest BCUT2D eigenvalue weighted by Gasteiger charge is -2.19. The van der Waals surface area contributed by atoms with Crippen molar-refractivity contribution in [2.75, 3.05) is 5.73 Å². The Kier molecular flexibility index (Phi) is 3.05. The summed E-state index contributed by atoms with van der Waals surface area (Å²) in [6.07, 6.45) is 0.888. The van der Waals surface area contributed by atoms with Gasteiger partial charge in [0.05, 0.1) is 5.02 Å². The molecule has 0 saturated carbocycles. The third-order valence-corrected chi connectivity index (χ3v) is 3.47. The van der Waals surface area contributed by atoms with Crippen LogP contribution >= 0.6 is 11.6 Å². The first-order valence-corrected chi connectivity index (χ1v) is 6.36. The molecule has 0 bridgehead atoms. The van der Waals surface area contributed by atoms with Gasteiger partial charge in [-0.05, 0) is 17.7 Å². The fourth-order valence-corrected chi connectivity index (χ4v) is 2.45. The summed E-state index contributed by atoms with van der Waals surface area (Å²) in [5.41, 5.74) is 7.37. The van der Waals surface area contributed by atoms with E-state index in [2.05, 4.69) is 4.98 Å². The van der Waals surface area contributed by atoms with Gasteiger partial charge in [-0.15, -0.1) is 0 Å². The van der Waals surface area contributed by atoms with Gasteiger partial charge in [0.2, 0.25) is 0 Å². The molecule has 0 spiro atoms. The molecule has 2 atom stereocenters. The van der Waals surface area contributed by atoms with E-state index in [0.717, 1.165) is 11.3 Å². The summed E-state index contributed by atoms with van der Waals surface area (Å²) in [6.45, 7) is 0. The summed E-state index contributed by atoms with van der Waals surface area (Å²) in [5, 5.41) is 10.8. The van der Waals surface area contributed by atoms with Crippen molar-refractivity contribution in [1.29, 1.82) is 0 Å². The second-order valence-electron chi connectivity index (χ2n) is 4.54. The van der Waals surface area contributed by atoms with Gasteiger partial charge < -0.3 is 15.6 Å². The molecule has 0 saturated heterocycles. The number of ether oxygens (including phenoxy) is 1. The van der Waals surface area contributed by atoms with Crippen LogP contribution in [0.5, 0.6) is 5.75 Å². The molecule has 1 aliphatic rings. The average Bonchev–Trinajstić information content (AvgIpc) is 2.84. The molecular weight excluding hydrogens is 264 g/mol. The van der Waals surface area contributed by atoms with Crippen molar-refractivity contribution < 1.29 is 9.84 Å². The Morgan fingerprint density at radius 2 is 2.21 bits per heavy atom. The third kappa shape index (κ3) is 2.25. The van der Waals surface area contributed by atoms with E-state index in [1.807, 2.05) is 24.3 Å². The Morgan fingerprint density at radius 1 is 1.42 bits per heavy atom. The van der Waals surface area contributed by atoms with Crippen LogP contribution < -0.4 is 10.5 Å². The Bertz CT molecular complexity index is 593. The van der Waals surface area contributed by atoms with E-state index in [9.17, 15) is 5.11 Å². The predicted octanol–water partition coefficient (Wildman–Crippen LogP) is 2.35. The first-order chi connectivity index (χ1) is 9.15. The van der Waals surface area contributed by atoms with Gasteiger partial charge in [-0.2, -0.15) is 0 Å². The summed E-state index contributed by atoms with van der Waals surface area (Å²) in [4.78, 5) is 3.95. The van der Waals surface area contributed by atoms with Crippen molar-refractivity contribution in [2.24, 2.45) is 0 Å². The molecule has 5 heteroatoms. The van der Waals surface area contributed by atoms with Crippen molar-refractivity contribution in [3.8, 4) is 5.75 Å². The minimum Gasteiger partial charge on any atom is -0.487 e. The zero-order valence-corrected chi connectivity index (χ0v) is 10.8. The highest BCUT2D eigenvalue weighted by atomic mass is 35.5. The number of fused-ring (bicyclic) bond motifs is 1. The van der Waals surface area contributed by atoms with Gasteiger partial charge >= 0.3 is 0 Å². The minimum atomic E-state index is -0.849. The molecule has 0 radical (unpaired) electrons. The van der Waals surface area contributed by atoms with Crippen LogP contribution in [0.25, 0.3) is 0 Å². The highest BCUT2D eigenvalue weighted by molar-refractivity contribution is 6.30. The van der Waals surface area contributed by atoms with Crippen LogP contribution in [0.1, 0.15) is 17.2 Å². The number of hydrogen-bond donors (Lipinski definition) is 2. The molecule has 0 amide bonds. The maximum Gasteiger partial charge on any atom is 0.133 e. The van der Waals surface area contributed by atoms with Gasteiger partial charge in [-0.1, -0.05) is 29.8 Å². The number of pyridine rings is 1. The number of nitrogen functional groups attached to an aromatic ring is 1. The lowest BCUT2D eigenvalue weighted by atomic mass is 10.0. The summed E-state index contributed by atoms with van der Waals surface area (Å²) in [7, 11) is 0. The van der Waals surface area contributed by atoms with Crippen molar-refractivity contribution in [1.82, 2.24) is 4.98 Å². The first-order valence-electron chi connectivity index (χ1n) is 5.98. The predicted molar refractivity (Wildman–Crippen MR) is 73.2 cm³/mol. The Balaban J connectivity index is 1.87. The second-order valence-corrected chi connectivity index (χ2v) is 4.98. The number of aromatic nitrogens is 1. The number of rotatable bonds is 2. The van der Waals surface area contributed by atoms with Crippen LogP contribution in [-0.2, 0) is 6.42 Å². The number of aliphatic hydroxyl groups excluding tert-OH is 1. The standard InChI is InChI=1S/C14H13ClN2O2/c15-9-6-10(14(16)17-7-9)13(18)12-5-8-3-1-2-4-11(8)19-12/h1-4,6-7,12-13,18H,5H2,(H2,16,17). The van der Waals surface area contributed by atoms with Gasteiger partial charge in [-0.3, -0.25) is 0 Å². The molecule has 0 fully saturated rings. The molecule has 98 valence electrons. The van der Waals surface area contributed by atoms with Gasteiger partial charge in [0.1, 0.15) is 23.8 Å². The summed E-state index contributed by atoms with van der Waals surface area (Å²) in [6, 6.07) is 9.36. The molecule has 1 aromatic heterocycles. The molecule has 3 rings (SSSR count).